The quantitative estimate of drug-likeness (QED) is 0.705. The highest BCUT2D eigenvalue weighted by atomic mass is 32.2. The molecule has 6 nitrogen and oxygen atoms in total. The summed E-state index contributed by atoms with van der Waals surface area (Å²) in [5.41, 5.74) is 0. The van der Waals surface area contributed by atoms with E-state index in [9.17, 15) is 16.8 Å². The molecule has 0 radical (unpaired) electrons. The molecule has 0 N–H and O–H groups in total. The Morgan fingerprint density at radius 3 is 2.19 bits per heavy atom. The van der Waals surface area contributed by atoms with Crippen LogP contribution in [0, 0.1) is 0 Å². The number of thiophene rings is 1. The highest BCUT2D eigenvalue weighted by Gasteiger charge is 2.36. The van der Waals surface area contributed by atoms with Gasteiger partial charge in [0.2, 0.25) is 0 Å². The van der Waals surface area contributed by atoms with Crippen molar-refractivity contribution in [2.24, 2.45) is 0 Å². The first-order valence-corrected chi connectivity index (χ1v) is 12.6. The summed E-state index contributed by atoms with van der Waals surface area (Å²) in [4.78, 5) is 1.26. The number of sulfone groups is 1. The lowest BCUT2D eigenvalue weighted by atomic mass is 10.2. The summed E-state index contributed by atoms with van der Waals surface area (Å²) < 4.78 is 58.1. The molecule has 0 saturated carbocycles. The summed E-state index contributed by atoms with van der Waals surface area (Å²) in [6, 6.07) is 9.78. The van der Waals surface area contributed by atoms with Crippen molar-refractivity contribution in [2.75, 3.05) is 20.2 Å². The molecule has 0 spiro atoms. The lowest BCUT2D eigenvalue weighted by Gasteiger charge is -2.30. The summed E-state index contributed by atoms with van der Waals surface area (Å²) in [6.45, 7) is 2.40. The van der Waals surface area contributed by atoms with E-state index in [1.165, 1.54) is 34.9 Å². The van der Waals surface area contributed by atoms with Crippen molar-refractivity contribution in [1.82, 2.24) is 4.31 Å². The number of hydrogen-bond donors (Lipinski definition) is 0. The molecule has 1 saturated heterocycles. The van der Waals surface area contributed by atoms with E-state index in [1.54, 1.807) is 18.2 Å². The number of ether oxygens (including phenoxy) is 1. The lowest BCUT2D eigenvalue weighted by molar-refractivity contribution is 0.346. The normalized spacial score (nSPS) is 17.1. The van der Waals surface area contributed by atoms with E-state index in [2.05, 4.69) is 0 Å². The van der Waals surface area contributed by atoms with Gasteiger partial charge in [0.25, 0.3) is 10.0 Å². The van der Waals surface area contributed by atoms with Gasteiger partial charge in [-0.1, -0.05) is 6.92 Å². The van der Waals surface area contributed by atoms with Gasteiger partial charge in [0.15, 0.2) is 9.84 Å². The number of nitrogens with zero attached hydrogens (tertiary/aromatic N) is 1. The van der Waals surface area contributed by atoms with Crippen LogP contribution in [0.15, 0.2) is 45.5 Å². The van der Waals surface area contributed by atoms with Crippen molar-refractivity contribution in [3.63, 3.8) is 0 Å². The number of methoxy groups -OCH3 is 1. The van der Waals surface area contributed by atoms with Crippen molar-refractivity contribution in [1.29, 1.82) is 0 Å². The van der Waals surface area contributed by atoms with Gasteiger partial charge in [-0.25, -0.2) is 16.8 Å². The molecule has 1 aliphatic heterocycles. The fourth-order valence-electron chi connectivity index (χ4n) is 3.15. The van der Waals surface area contributed by atoms with Gasteiger partial charge in [0, 0.05) is 18.0 Å². The van der Waals surface area contributed by atoms with Crippen LogP contribution in [0.3, 0.4) is 0 Å². The van der Waals surface area contributed by atoms with Crippen LogP contribution >= 0.6 is 11.3 Å². The summed E-state index contributed by atoms with van der Waals surface area (Å²) in [6.07, 6.45) is 1.38. The molecule has 2 aromatic rings. The van der Waals surface area contributed by atoms with Crippen molar-refractivity contribution in [3.8, 4) is 5.75 Å². The van der Waals surface area contributed by atoms with Crippen molar-refractivity contribution >= 4 is 31.2 Å². The highest BCUT2D eigenvalue weighted by molar-refractivity contribution is 7.92. The van der Waals surface area contributed by atoms with Gasteiger partial charge >= 0.3 is 0 Å². The number of rotatable bonds is 6. The second-order valence-corrected chi connectivity index (χ2v) is 12.0. The molecule has 0 atom stereocenters. The Balaban J connectivity index is 1.72. The first-order valence-electron chi connectivity index (χ1n) is 8.76. The minimum Gasteiger partial charge on any atom is -0.497 e. The fourth-order valence-corrected chi connectivity index (χ4v) is 7.81. The predicted molar refractivity (Wildman–Crippen MR) is 106 cm³/mol. The maximum Gasteiger partial charge on any atom is 0.252 e. The van der Waals surface area contributed by atoms with Gasteiger partial charge in [-0.15, -0.1) is 11.3 Å². The highest BCUT2D eigenvalue weighted by Crippen LogP contribution is 2.30. The Bertz CT molecular complexity index is 986. The van der Waals surface area contributed by atoms with Crippen LogP contribution in [0.4, 0.5) is 0 Å². The van der Waals surface area contributed by atoms with Gasteiger partial charge in [-0.05, 0) is 55.7 Å². The molecule has 9 heteroatoms. The molecule has 1 fully saturated rings. The number of hydrogen-bond acceptors (Lipinski definition) is 6. The van der Waals surface area contributed by atoms with E-state index in [4.69, 9.17) is 4.74 Å². The van der Waals surface area contributed by atoms with Gasteiger partial charge in [-0.2, -0.15) is 4.31 Å². The van der Waals surface area contributed by atoms with E-state index in [1.807, 2.05) is 13.0 Å². The minimum atomic E-state index is -3.55. The molecule has 1 aliphatic rings. The molecule has 0 unspecified atom stereocenters. The standard InChI is InChI=1S/C18H23NO5S3/c1-3-15-6-9-18(25-15)27(22,23)19-12-10-17(11-13-19)26(20,21)16-7-4-14(24-2)5-8-16/h4-9,17H,3,10-13H2,1-2H3. The average Bonchev–Trinajstić information content (AvgIpc) is 3.18. The lowest BCUT2D eigenvalue weighted by Crippen LogP contribution is -2.42. The van der Waals surface area contributed by atoms with E-state index < -0.39 is 25.1 Å². The number of sulfonamides is 1. The van der Waals surface area contributed by atoms with Crippen LogP contribution in [0.25, 0.3) is 0 Å². The number of piperidine rings is 1. The van der Waals surface area contributed by atoms with Crippen LogP contribution in [-0.4, -0.2) is 46.6 Å². The van der Waals surface area contributed by atoms with E-state index in [0.717, 1.165) is 11.3 Å². The topological polar surface area (TPSA) is 80.8 Å². The average molecular weight is 430 g/mol. The van der Waals surface area contributed by atoms with Gasteiger partial charge in [0.05, 0.1) is 17.3 Å². The van der Waals surface area contributed by atoms with Crippen LogP contribution in [0.5, 0.6) is 5.75 Å². The maximum atomic E-state index is 12.8. The van der Waals surface area contributed by atoms with Crippen molar-refractivity contribution in [2.45, 2.75) is 40.5 Å². The first-order chi connectivity index (χ1) is 12.8. The molecule has 3 rings (SSSR count). The third-order valence-electron chi connectivity index (χ3n) is 4.81. The molecule has 0 bridgehead atoms. The number of benzene rings is 1. The van der Waals surface area contributed by atoms with Gasteiger partial charge in [-0.3, -0.25) is 0 Å². The first kappa shape index (κ1) is 20.3. The van der Waals surface area contributed by atoms with Gasteiger partial charge < -0.3 is 4.74 Å². The summed E-state index contributed by atoms with van der Waals surface area (Å²) in [7, 11) is -5.52. The zero-order valence-electron chi connectivity index (χ0n) is 15.3. The Hall–Kier alpha value is -1.42. The Kier molecular flexibility index (Phi) is 5.95. The molecule has 27 heavy (non-hydrogen) atoms. The monoisotopic (exact) mass is 429 g/mol. The SMILES string of the molecule is CCc1ccc(S(=O)(=O)N2CCC(S(=O)(=O)c3ccc(OC)cc3)CC2)s1. The molecule has 0 aliphatic carbocycles. The fraction of sp³-hybridized carbons (Fsp3) is 0.444. The van der Waals surface area contributed by atoms with Crippen LogP contribution in [-0.2, 0) is 26.3 Å². The van der Waals surface area contributed by atoms with Crippen LogP contribution < -0.4 is 4.74 Å². The number of aryl methyl sites for hydroxylation is 1. The molecule has 2 heterocycles. The molecule has 1 aromatic heterocycles. The Labute approximate surface area is 164 Å². The zero-order valence-corrected chi connectivity index (χ0v) is 17.7. The third kappa shape index (κ3) is 4.06. The second kappa shape index (κ2) is 7.90. The predicted octanol–water partition coefficient (Wildman–Crippen LogP) is 2.95. The second-order valence-electron chi connectivity index (χ2n) is 6.40. The van der Waals surface area contributed by atoms with Crippen LogP contribution in [0.1, 0.15) is 24.6 Å². The Morgan fingerprint density at radius 2 is 1.67 bits per heavy atom. The van der Waals surface area contributed by atoms with E-state index in [0.29, 0.717) is 22.8 Å². The van der Waals surface area contributed by atoms with Gasteiger partial charge in [0.1, 0.15) is 9.96 Å². The minimum absolute atomic E-state index is 0.210. The smallest absolute Gasteiger partial charge is 0.252 e. The van der Waals surface area contributed by atoms with Crippen molar-refractivity contribution in [3.05, 3.63) is 41.3 Å². The molecule has 0 amide bonds. The summed E-state index contributed by atoms with van der Waals surface area (Å²) in [5.74, 6) is 0.595. The maximum absolute atomic E-state index is 12.8. The molecule has 1 aromatic carbocycles. The largest absolute Gasteiger partial charge is 0.497 e. The third-order valence-corrected chi connectivity index (χ3v) is 10.7. The molecule has 148 valence electrons. The van der Waals surface area contributed by atoms with E-state index in [-0.39, 0.29) is 18.0 Å². The molecular weight excluding hydrogens is 406 g/mol. The van der Waals surface area contributed by atoms with E-state index >= 15 is 0 Å². The Morgan fingerprint density at radius 1 is 1.04 bits per heavy atom. The van der Waals surface area contributed by atoms with Crippen molar-refractivity contribution < 1.29 is 21.6 Å². The zero-order chi connectivity index (χ0) is 19.7. The van der Waals surface area contributed by atoms with Crippen LogP contribution in [0.2, 0.25) is 0 Å². The molecular formula is C18H23NO5S3. The summed E-state index contributed by atoms with van der Waals surface area (Å²) >= 11 is 1.28. The summed E-state index contributed by atoms with van der Waals surface area (Å²) in [5, 5.41) is -0.577.